The van der Waals surface area contributed by atoms with E-state index in [1.807, 2.05) is 44.0 Å². The summed E-state index contributed by atoms with van der Waals surface area (Å²) < 4.78 is 12.1. The van der Waals surface area contributed by atoms with Crippen LogP contribution in [-0.2, 0) is 34.0 Å². The quantitative estimate of drug-likeness (QED) is 0.311. The zero-order valence-corrected chi connectivity index (χ0v) is 28.7. The van der Waals surface area contributed by atoms with Crippen molar-refractivity contribution in [1.29, 1.82) is 0 Å². The van der Waals surface area contributed by atoms with E-state index in [-0.39, 0.29) is 49.9 Å². The van der Waals surface area contributed by atoms with Crippen LogP contribution in [0.25, 0.3) is 11.5 Å². The second kappa shape index (κ2) is 14.8. The summed E-state index contributed by atoms with van der Waals surface area (Å²) in [7, 11) is 1.74. The number of anilines is 1. The fourth-order valence-corrected chi connectivity index (χ4v) is 5.31. The van der Waals surface area contributed by atoms with Crippen molar-refractivity contribution in [1.82, 2.24) is 30.0 Å². The van der Waals surface area contributed by atoms with Crippen molar-refractivity contribution < 1.29 is 23.5 Å². The van der Waals surface area contributed by atoms with Gasteiger partial charge in [-0.15, -0.1) is 5.10 Å². The Morgan fingerprint density at radius 3 is 2.30 bits per heavy atom. The first kappa shape index (κ1) is 35.2. The molecule has 13 heteroatoms. The molecule has 13 nitrogen and oxygen atoms in total. The monoisotopic (exact) mass is 649 g/mol. The van der Waals surface area contributed by atoms with Gasteiger partial charge in [-0.3, -0.25) is 14.6 Å². The smallest absolute Gasteiger partial charge is 0.437 e. The third kappa shape index (κ3) is 9.00. The Kier molecular flexibility index (Phi) is 11.1. The van der Waals surface area contributed by atoms with Crippen LogP contribution in [0.15, 0.2) is 51.7 Å². The van der Waals surface area contributed by atoms with Gasteiger partial charge in [0.15, 0.2) is 0 Å². The second-order valence-corrected chi connectivity index (χ2v) is 13.0. The van der Waals surface area contributed by atoms with Crippen molar-refractivity contribution in [3.05, 3.63) is 69.7 Å². The maximum atomic E-state index is 13.7. The van der Waals surface area contributed by atoms with E-state index in [0.717, 1.165) is 5.56 Å². The van der Waals surface area contributed by atoms with Crippen molar-refractivity contribution in [3.8, 4) is 11.5 Å². The second-order valence-electron chi connectivity index (χ2n) is 13.0. The van der Waals surface area contributed by atoms with Gasteiger partial charge < -0.3 is 24.3 Å². The first-order chi connectivity index (χ1) is 22.2. The van der Waals surface area contributed by atoms with E-state index >= 15 is 0 Å². The summed E-state index contributed by atoms with van der Waals surface area (Å²) in [4.78, 5) is 55.3. The van der Waals surface area contributed by atoms with Crippen molar-refractivity contribution in [3.63, 3.8) is 0 Å². The Balaban J connectivity index is 1.53. The summed E-state index contributed by atoms with van der Waals surface area (Å²) in [5, 5.41) is 10.7. The highest BCUT2D eigenvalue weighted by molar-refractivity contribution is 5.87. The standard InChI is InChI=1S/C34H47N7O6/c1-9-41-33(45)46-31(36-41)25-15-14-24(4)28(18-25)38(22-30(43)37(8)39-19-26-12-10-11-13-27(26)20-39)21-29(42)35-16-17-40(23(2)3)32(44)47-34(5,6)7/h10-15,18,23H,9,16-17,19-22H2,1-8H3,(H,35,42). The third-order valence-electron chi connectivity index (χ3n) is 7.90. The molecule has 0 spiro atoms. The molecule has 2 heterocycles. The number of ether oxygens (including phenoxy) is 1. The van der Waals surface area contributed by atoms with Crippen LogP contribution in [0, 0.1) is 6.92 Å². The van der Waals surface area contributed by atoms with Gasteiger partial charge in [0.25, 0.3) is 5.91 Å². The van der Waals surface area contributed by atoms with E-state index in [2.05, 4.69) is 22.5 Å². The molecular weight excluding hydrogens is 602 g/mol. The topological polar surface area (TPSA) is 133 Å². The van der Waals surface area contributed by atoms with Crippen molar-refractivity contribution in [2.45, 2.75) is 79.7 Å². The number of hydrogen-bond donors (Lipinski definition) is 1. The summed E-state index contributed by atoms with van der Waals surface area (Å²) in [5.74, 6) is -0.940. The molecule has 4 rings (SSSR count). The van der Waals surface area contributed by atoms with E-state index < -0.39 is 17.5 Å². The number of carbonyl (C=O) groups excluding carboxylic acids is 3. The fraction of sp³-hybridized carbons (Fsp3) is 0.500. The number of likely N-dealkylation sites (N-methyl/N-ethyl adjacent to an activating group) is 1. The van der Waals surface area contributed by atoms with Gasteiger partial charge in [0.2, 0.25) is 11.8 Å². The summed E-state index contributed by atoms with van der Waals surface area (Å²) >= 11 is 0. The van der Waals surface area contributed by atoms with Crippen LogP contribution < -0.4 is 16.0 Å². The van der Waals surface area contributed by atoms with Gasteiger partial charge in [-0.2, -0.15) is 4.68 Å². The molecule has 47 heavy (non-hydrogen) atoms. The van der Waals surface area contributed by atoms with Crippen LogP contribution >= 0.6 is 0 Å². The average molecular weight is 650 g/mol. The lowest BCUT2D eigenvalue weighted by Crippen LogP contribution is -2.49. The molecule has 1 N–H and O–H groups in total. The molecule has 0 radical (unpaired) electrons. The molecule has 1 aliphatic heterocycles. The minimum atomic E-state index is -0.644. The molecule has 0 fully saturated rings. The molecule has 254 valence electrons. The number of carbonyl (C=O) groups is 3. The zero-order valence-electron chi connectivity index (χ0n) is 28.7. The molecule has 1 aliphatic rings. The van der Waals surface area contributed by atoms with Crippen LogP contribution in [-0.4, -0.2) is 87.5 Å². The van der Waals surface area contributed by atoms with Crippen molar-refractivity contribution in [2.75, 3.05) is 38.1 Å². The van der Waals surface area contributed by atoms with Crippen molar-refractivity contribution >= 4 is 23.6 Å². The number of rotatable bonds is 12. The number of hydrazine groups is 1. The Morgan fingerprint density at radius 1 is 1.06 bits per heavy atom. The van der Waals surface area contributed by atoms with Crippen LogP contribution in [0.2, 0.25) is 0 Å². The number of hydrogen-bond acceptors (Lipinski definition) is 9. The minimum absolute atomic E-state index is 0.0928. The number of fused-ring (bicyclic) bond motifs is 1. The number of nitrogens with one attached hydrogen (secondary N) is 1. The highest BCUT2D eigenvalue weighted by Crippen LogP contribution is 2.28. The van der Waals surface area contributed by atoms with Gasteiger partial charge in [0, 0.05) is 57.1 Å². The molecule has 0 unspecified atom stereocenters. The lowest BCUT2D eigenvalue weighted by Gasteiger charge is -2.32. The maximum absolute atomic E-state index is 13.7. The van der Waals surface area contributed by atoms with Gasteiger partial charge >= 0.3 is 11.8 Å². The molecule has 3 amide bonds. The van der Waals surface area contributed by atoms with E-state index in [1.165, 1.54) is 15.8 Å². The average Bonchev–Trinajstić information content (AvgIpc) is 3.61. The zero-order chi connectivity index (χ0) is 34.5. The van der Waals surface area contributed by atoms with Gasteiger partial charge in [0.1, 0.15) is 5.60 Å². The highest BCUT2D eigenvalue weighted by Gasteiger charge is 2.28. The molecule has 0 saturated carbocycles. The van der Waals surface area contributed by atoms with Gasteiger partial charge in [-0.05, 0) is 77.3 Å². The first-order valence-electron chi connectivity index (χ1n) is 15.9. The maximum Gasteiger partial charge on any atom is 0.437 e. The number of aromatic nitrogens is 2. The third-order valence-corrected chi connectivity index (χ3v) is 7.90. The Morgan fingerprint density at radius 2 is 1.72 bits per heavy atom. The van der Waals surface area contributed by atoms with E-state index in [0.29, 0.717) is 30.9 Å². The predicted octanol–water partition coefficient (Wildman–Crippen LogP) is 3.79. The number of amides is 3. The van der Waals surface area contributed by atoms with Crippen LogP contribution in [0.5, 0.6) is 0 Å². The molecule has 2 aromatic carbocycles. The first-order valence-corrected chi connectivity index (χ1v) is 15.9. The number of nitrogens with zero attached hydrogens (tertiary/aromatic N) is 6. The summed E-state index contributed by atoms with van der Waals surface area (Å²) in [6.45, 7) is 14.7. The largest absolute Gasteiger partial charge is 0.444 e. The molecule has 0 aliphatic carbocycles. The van der Waals surface area contributed by atoms with Gasteiger partial charge in [-0.1, -0.05) is 30.3 Å². The Hall–Kier alpha value is -4.65. The molecular formula is C34H47N7O6. The Bertz CT molecular complexity index is 1610. The summed E-state index contributed by atoms with van der Waals surface area (Å²) in [6, 6.07) is 13.4. The van der Waals surface area contributed by atoms with Crippen LogP contribution in [0.4, 0.5) is 10.5 Å². The summed E-state index contributed by atoms with van der Waals surface area (Å²) in [5.41, 5.74) is 3.67. The highest BCUT2D eigenvalue weighted by atomic mass is 16.6. The van der Waals surface area contributed by atoms with Crippen molar-refractivity contribution in [2.24, 2.45) is 0 Å². The normalized spacial score (nSPS) is 13.0. The lowest BCUT2D eigenvalue weighted by atomic mass is 10.1. The summed E-state index contributed by atoms with van der Waals surface area (Å²) in [6.07, 6.45) is -0.453. The lowest BCUT2D eigenvalue weighted by molar-refractivity contribution is -0.145. The molecule has 1 aromatic heterocycles. The molecule has 0 bridgehead atoms. The SMILES string of the molecule is CCn1nc(-c2ccc(C)c(N(CC(=O)NCCN(C(=O)OC(C)(C)C)C(C)C)CC(=O)N(C)N3Cc4ccccc4C3)c2)oc1=O. The number of aryl methyl sites for hydroxylation is 2. The number of benzene rings is 2. The van der Waals surface area contributed by atoms with Gasteiger partial charge in [0.05, 0.1) is 13.1 Å². The van der Waals surface area contributed by atoms with Crippen LogP contribution in [0.3, 0.4) is 0 Å². The van der Waals surface area contributed by atoms with E-state index in [1.54, 1.807) is 61.7 Å². The predicted molar refractivity (Wildman–Crippen MR) is 178 cm³/mol. The molecule has 3 aromatic rings. The van der Waals surface area contributed by atoms with Gasteiger partial charge in [-0.25, -0.2) is 14.6 Å². The molecule has 0 atom stereocenters. The molecule has 0 saturated heterocycles. The fourth-order valence-electron chi connectivity index (χ4n) is 5.31. The minimum Gasteiger partial charge on any atom is -0.444 e. The van der Waals surface area contributed by atoms with E-state index in [9.17, 15) is 19.2 Å². The van der Waals surface area contributed by atoms with E-state index in [4.69, 9.17) is 9.15 Å². The van der Waals surface area contributed by atoms with Crippen LogP contribution in [0.1, 0.15) is 58.2 Å². The Labute approximate surface area is 276 Å².